The average molecular weight is 358 g/mol. The molecular weight excluding hydrogens is 337 g/mol. The summed E-state index contributed by atoms with van der Waals surface area (Å²) >= 11 is 0. The van der Waals surface area contributed by atoms with Crippen LogP contribution in [0.15, 0.2) is 30.3 Å². The average Bonchev–Trinajstić information content (AvgIpc) is 2.60. The molecule has 1 aromatic rings. The molecule has 1 atom stereocenters. The Labute approximate surface area is 144 Å². The van der Waals surface area contributed by atoms with E-state index < -0.39 is 23.7 Å². The summed E-state index contributed by atoms with van der Waals surface area (Å²) in [7, 11) is 0. The number of benzene rings is 1. The third-order valence-electron chi connectivity index (χ3n) is 4.15. The summed E-state index contributed by atoms with van der Waals surface area (Å²) < 4.78 is 46.8. The predicted molar refractivity (Wildman–Crippen MR) is 84.8 cm³/mol. The van der Waals surface area contributed by atoms with Crippen LogP contribution in [0.5, 0.6) is 0 Å². The molecule has 2 rings (SSSR count). The molecule has 0 aromatic heterocycles. The van der Waals surface area contributed by atoms with Crippen LogP contribution in [0.25, 0.3) is 0 Å². The van der Waals surface area contributed by atoms with Gasteiger partial charge in [0.25, 0.3) is 5.54 Å². The maximum atomic E-state index is 14.0. The van der Waals surface area contributed by atoms with Crippen molar-refractivity contribution in [1.82, 2.24) is 10.2 Å². The lowest BCUT2D eigenvalue weighted by Crippen LogP contribution is -2.64. The number of urea groups is 1. The Kier molecular flexibility index (Phi) is 5.92. The van der Waals surface area contributed by atoms with E-state index in [-0.39, 0.29) is 12.2 Å². The van der Waals surface area contributed by atoms with Crippen LogP contribution < -0.4 is 5.32 Å². The van der Waals surface area contributed by atoms with Gasteiger partial charge in [-0.05, 0) is 31.7 Å². The van der Waals surface area contributed by atoms with Gasteiger partial charge < -0.3 is 15.0 Å². The van der Waals surface area contributed by atoms with Crippen molar-refractivity contribution in [3.63, 3.8) is 0 Å². The van der Waals surface area contributed by atoms with E-state index >= 15 is 0 Å². The number of halogens is 3. The van der Waals surface area contributed by atoms with E-state index in [1.54, 1.807) is 0 Å². The molecule has 1 aliphatic rings. The fraction of sp³-hybridized carbons (Fsp3) is 0.529. The first kappa shape index (κ1) is 19.1. The minimum atomic E-state index is -5.06. The Morgan fingerprint density at radius 1 is 1.12 bits per heavy atom. The number of ether oxygens (including phenoxy) is 1. The van der Waals surface area contributed by atoms with Crippen molar-refractivity contribution in [2.45, 2.75) is 37.9 Å². The monoisotopic (exact) mass is 358 g/mol. The van der Waals surface area contributed by atoms with Crippen LogP contribution >= 0.6 is 0 Å². The van der Waals surface area contributed by atoms with E-state index in [1.165, 1.54) is 30.0 Å². The standard InChI is InChI=1S/C17H21F3N2O3/c1-2-25-14(23)16(17(18,19)20,13-9-5-3-6-10-13)21-15(24)22-11-7-4-8-12-22/h3,5-6,9-10H,2,4,7-8,11-12H2,1H3,(H,21,24)/t16-/m1/s1. The highest BCUT2D eigenvalue weighted by Crippen LogP contribution is 2.40. The minimum Gasteiger partial charge on any atom is -0.464 e. The molecule has 1 N–H and O–H groups in total. The quantitative estimate of drug-likeness (QED) is 0.841. The molecule has 0 unspecified atom stereocenters. The van der Waals surface area contributed by atoms with Crippen LogP contribution in [0.3, 0.4) is 0 Å². The number of nitrogens with zero attached hydrogens (tertiary/aromatic N) is 1. The second kappa shape index (κ2) is 7.76. The van der Waals surface area contributed by atoms with E-state index in [0.717, 1.165) is 31.4 Å². The number of alkyl halides is 3. The summed E-state index contributed by atoms with van der Waals surface area (Å²) in [5.74, 6) is -1.54. The van der Waals surface area contributed by atoms with Gasteiger partial charge in [0.1, 0.15) is 0 Å². The molecule has 0 spiro atoms. The predicted octanol–water partition coefficient (Wildman–Crippen LogP) is 3.20. The molecule has 0 saturated carbocycles. The number of hydrogen-bond acceptors (Lipinski definition) is 3. The molecule has 1 saturated heterocycles. The van der Waals surface area contributed by atoms with E-state index in [9.17, 15) is 22.8 Å². The molecule has 8 heteroatoms. The van der Waals surface area contributed by atoms with E-state index in [2.05, 4.69) is 4.74 Å². The molecule has 1 fully saturated rings. The molecule has 0 aliphatic carbocycles. The highest BCUT2D eigenvalue weighted by molar-refractivity contribution is 5.89. The van der Waals surface area contributed by atoms with E-state index in [4.69, 9.17) is 0 Å². The zero-order valence-electron chi connectivity index (χ0n) is 13.9. The van der Waals surface area contributed by atoms with E-state index in [1.807, 2.05) is 5.32 Å². The van der Waals surface area contributed by atoms with Gasteiger partial charge in [-0.2, -0.15) is 13.2 Å². The summed E-state index contributed by atoms with van der Waals surface area (Å²) in [6.07, 6.45) is -2.70. The van der Waals surface area contributed by atoms with Crippen molar-refractivity contribution in [3.05, 3.63) is 35.9 Å². The lowest BCUT2D eigenvalue weighted by atomic mass is 9.89. The third kappa shape index (κ3) is 3.88. The van der Waals surface area contributed by atoms with Crippen molar-refractivity contribution in [3.8, 4) is 0 Å². The molecular formula is C17H21F3N2O3. The van der Waals surface area contributed by atoms with Crippen molar-refractivity contribution < 1.29 is 27.5 Å². The van der Waals surface area contributed by atoms with Crippen LogP contribution in [0, 0.1) is 0 Å². The number of piperidine rings is 1. The molecule has 2 amide bonds. The number of rotatable bonds is 4. The first-order valence-corrected chi connectivity index (χ1v) is 8.19. The highest BCUT2D eigenvalue weighted by atomic mass is 19.4. The second-order valence-electron chi connectivity index (χ2n) is 5.81. The fourth-order valence-electron chi connectivity index (χ4n) is 2.86. The topological polar surface area (TPSA) is 58.6 Å². The normalized spacial score (nSPS) is 17.5. The Morgan fingerprint density at radius 2 is 1.72 bits per heavy atom. The fourth-order valence-corrected chi connectivity index (χ4v) is 2.86. The number of esters is 1. The van der Waals surface area contributed by atoms with E-state index in [0.29, 0.717) is 13.1 Å². The number of likely N-dealkylation sites (tertiary alicyclic amines) is 1. The van der Waals surface area contributed by atoms with Gasteiger partial charge in [0.2, 0.25) is 0 Å². The van der Waals surface area contributed by atoms with Crippen LogP contribution in [-0.4, -0.2) is 42.8 Å². The summed E-state index contributed by atoms with van der Waals surface area (Å²) in [6, 6.07) is 5.67. The lowest BCUT2D eigenvalue weighted by molar-refractivity contribution is -0.214. The maximum absolute atomic E-state index is 14.0. The maximum Gasteiger partial charge on any atom is 0.426 e. The molecule has 0 bridgehead atoms. The van der Waals surface area contributed by atoms with Gasteiger partial charge in [-0.1, -0.05) is 30.3 Å². The van der Waals surface area contributed by atoms with Gasteiger partial charge in [-0.15, -0.1) is 0 Å². The molecule has 138 valence electrons. The molecule has 1 aliphatic heterocycles. The number of carbonyl (C=O) groups is 2. The van der Waals surface area contributed by atoms with Crippen LogP contribution in [-0.2, 0) is 15.1 Å². The van der Waals surface area contributed by atoms with Gasteiger partial charge in [0, 0.05) is 13.1 Å². The summed E-state index contributed by atoms with van der Waals surface area (Å²) in [4.78, 5) is 26.1. The zero-order chi connectivity index (χ0) is 18.5. The van der Waals surface area contributed by atoms with Crippen LogP contribution in [0.1, 0.15) is 31.7 Å². The van der Waals surface area contributed by atoms with Crippen LogP contribution in [0.2, 0.25) is 0 Å². The van der Waals surface area contributed by atoms with Crippen LogP contribution in [0.4, 0.5) is 18.0 Å². The molecule has 25 heavy (non-hydrogen) atoms. The number of nitrogens with one attached hydrogen (secondary N) is 1. The largest absolute Gasteiger partial charge is 0.464 e. The van der Waals surface area contributed by atoms with Crippen molar-refractivity contribution in [2.24, 2.45) is 0 Å². The summed E-state index contributed by atoms with van der Waals surface area (Å²) in [6.45, 7) is 1.90. The summed E-state index contributed by atoms with van der Waals surface area (Å²) in [5, 5.41) is 1.93. The van der Waals surface area contributed by atoms with Gasteiger partial charge in [0.05, 0.1) is 6.61 Å². The lowest BCUT2D eigenvalue weighted by Gasteiger charge is -2.37. The number of amides is 2. The van der Waals surface area contributed by atoms with Gasteiger partial charge in [-0.3, -0.25) is 0 Å². The Morgan fingerprint density at radius 3 is 2.24 bits per heavy atom. The Bertz CT molecular complexity index is 601. The molecule has 1 heterocycles. The Hall–Kier alpha value is -2.25. The second-order valence-corrected chi connectivity index (χ2v) is 5.81. The molecule has 5 nitrogen and oxygen atoms in total. The first-order chi connectivity index (χ1) is 11.8. The zero-order valence-corrected chi connectivity index (χ0v) is 13.9. The number of hydrogen-bond donors (Lipinski definition) is 1. The molecule has 1 aromatic carbocycles. The third-order valence-corrected chi connectivity index (χ3v) is 4.15. The Balaban J connectivity index is 2.46. The van der Waals surface area contributed by atoms with Gasteiger partial charge in [-0.25, -0.2) is 9.59 Å². The highest BCUT2D eigenvalue weighted by Gasteiger charge is 2.64. The van der Waals surface area contributed by atoms with Crippen molar-refractivity contribution in [2.75, 3.05) is 19.7 Å². The van der Waals surface area contributed by atoms with Gasteiger partial charge in [0.15, 0.2) is 0 Å². The minimum absolute atomic E-state index is 0.233. The molecule has 0 radical (unpaired) electrons. The number of carbonyl (C=O) groups excluding carboxylic acids is 2. The SMILES string of the molecule is CCOC(=O)[C@](NC(=O)N1CCCCC1)(c1ccccc1)C(F)(F)F. The van der Waals surface area contributed by atoms with Crippen molar-refractivity contribution in [1.29, 1.82) is 0 Å². The van der Waals surface area contributed by atoms with Crippen molar-refractivity contribution >= 4 is 12.0 Å². The first-order valence-electron chi connectivity index (χ1n) is 8.19. The smallest absolute Gasteiger partial charge is 0.426 e. The van der Waals surface area contributed by atoms with Gasteiger partial charge >= 0.3 is 18.2 Å². The summed E-state index contributed by atoms with van der Waals surface area (Å²) in [5.41, 5.74) is -3.62.